The third-order valence-corrected chi connectivity index (χ3v) is 4.72. The number of hydrogen-bond acceptors (Lipinski definition) is 5. The highest BCUT2D eigenvalue weighted by molar-refractivity contribution is 5.91. The Morgan fingerprint density at radius 3 is 2.55 bits per heavy atom. The fourth-order valence-corrected chi connectivity index (χ4v) is 3.09. The van der Waals surface area contributed by atoms with Gasteiger partial charge in [-0.1, -0.05) is 6.07 Å². The Morgan fingerprint density at radius 2 is 1.97 bits per heavy atom. The van der Waals surface area contributed by atoms with Crippen molar-refractivity contribution in [1.29, 1.82) is 5.26 Å². The number of halogens is 3. The molecule has 0 aliphatic carbocycles. The highest BCUT2D eigenvalue weighted by Crippen LogP contribution is 2.34. The van der Waals surface area contributed by atoms with Crippen LogP contribution in [0.5, 0.6) is 0 Å². The van der Waals surface area contributed by atoms with E-state index < -0.39 is 29.3 Å². The number of carbonyl (C=O) groups excluding carboxylic acids is 1. The second-order valence-corrected chi connectivity index (χ2v) is 7.08. The van der Waals surface area contributed by atoms with Gasteiger partial charge in [0.2, 0.25) is 0 Å². The molecule has 0 radical (unpaired) electrons. The second-order valence-electron chi connectivity index (χ2n) is 7.08. The minimum absolute atomic E-state index is 0.122. The van der Waals surface area contributed by atoms with E-state index >= 15 is 0 Å². The first-order chi connectivity index (χ1) is 14.5. The van der Waals surface area contributed by atoms with E-state index in [2.05, 4.69) is 10.2 Å². The largest absolute Gasteiger partial charge is 0.417 e. The van der Waals surface area contributed by atoms with Crippen molar-refractivity contribution in [2.75, 3.05) is 0 Å². The molecule has 162 valence electrons. The van der Waals surface area contributed by atoms with Crippen molar-refractivity contribution in [3.63, 3.8) is 0 Å². The molecule has 3 rings (SSSR count). The maximum atomic E-state index is 13.2. The first-order valence-electron chi connectivity index (χ1n) is 9.23. The van der Waals surface area contributed by atoms with Gasteiger partial charge < -0.3 is 10.8 Å². The zero-order valence-electron chi connectivity index (χ0n) is 16.6. The van der Waals surface area contributed by atoms with Gasteiger partial charge in [0.05, 0.1) is 47.3 Å². The summed E-state index contributed by atoms with van der Waals surface area (Å²) in [6, 6.07) is 7.57. The molecule has 11 heteroatoms. The molecule has 2 aromatic heterocycles. The van der Waals surface area contributed by atoms with Crippen LogP contribution in [0, 0.1) is 11.3 Å². The van der Waals surface area contributed by atoms with Crippen LogP contribution in [0.3, 0.4) is 0 Å². The van der Waals surface area contributed by atoms with Crippen LogP contribution in [0.15, 0.2) is 36.5 Å². The molecule has 0 fully saturated rings. The first kappa shape index (κ1) is 22.0. The van der Waals surface area contributed by atoms with Gasteiger partial charge in [0, 0.05) is 11.8 Å². The fourth-order valence-electron chi connectivity index (χ4n) is 3.09. The molecule has 0 bridgehead atoms. The molecule has 31 heavy (non-hydrogen) atoms. The standard InChI is InChI=1S/C20H19F3N6O2/c1-11(10-29-18(19(25)31)8-17(27-29)12(2)30)28-6-5-16(26-28)13-3-4-14(9-24)15(7-13)20(21,22)23/h3-8,11-12,30H,10H2,1-2H3,(H2,25,31)/t11-,12?/m1/s1. The number of nitriles is 1. The normalized spacial score (nSPS) is 13.6. The molecule has 1 amide bonds. The maximum Gasteiger partial charge on any atom is 0.417 e. The van der Waals surface area contributed by atoms with Gasteiger partial charge in [-0.3, -0.25) is 14.2 Å². The predicted molar refractivity (Wildman–Crippen MR) is 103 cm³/mol. The number of hydrogen-bond donors (Lipinski definition) is 2. The van der Waals surface area contributed by atoms with Crippen LogP contribution in [-0.2, 0) is 12.7 Å². The van der Waals surface area contributed by atoms with Crippen molar-refractivity contribution in [2.24, 2.45) is 5.73 Å². The highest BCUT2D eigenvalue weighted by Gasteiger charge is 2.34. The Balaban J connectivity index is 1.88. The lowest BCUT2D eigenvalue weighted by Crippen LogP contribution is -2.21. The fraction of sp³-hybridized carbons (Fsp3) is 0.300. The topological polar surface area (TPSA) is 123 Å². The molecular weight excluding hydrogens is 413 g/mol. The lowest BCUT2D eigenvalue weighted by atomic mass is 10.0. The Kier molecular flexibility index (Phi) is 5.85. The molecule has 0 saturated carbocycles. The number of amides is 1. The van der Waals surface area contributed by atoms with Gasteiger partial charge in [0.25, 0.3) is 5.91 Å². The van der Waals surface area contributed by atoms with Gasteiger partial charge in [0.1, 0.15) is 5.69 Å². The molecule has 8 nitrogen and oxygen atoms in total. The lowest BCUT2D eigenvalue weighted by molar-refractivity contribution is -0.137. The highest BCUT2D eigenvalue weighted by atomic mass is 19.4. The molecular formula is C20H19F3N6O2. The van der Waals surface area contributed by atoms with Gasteiger partial charge in [0.15, 0.2) is 0 Å². The summed E-state index contributed by atoms with van der Waals surface area (Å²) in [5.74, 6) is -0.704. The van der Waals surface area contributed by atoms with Crippen molar-refractivity contribution < 1.29 is 23.1 Å². The number of alkyl halides is 3. The van der Waals surface area contributed by atoms with Crippen LogP contribution in [0.2, 0.25) is 0 Å². The molecule has 1 unspecified atom stereocenters. The van der Waals surface area contributed by atoms with Gasteiger partial charge >= 0.3 is 6.18 Å². The van der Waals surface area contributed by atoms with E-state index in [1.807, 2.05) is 0 Å². The molecule has 0 saturated heterocycles. The van der Waals surface area contributed by atoms with Gasteiger partial charge in [-0.25, -0.2) is 0 Å². The van der Waals surface area contributed by atoms with E-state index in [0.29, 0.717) is 11.4 Å². The third-order valence-electron chi connectivity index (χ3n) is 4.72. The summed E-state index contributed by atoms with van der Waals surface area (Å²) in [7, 11) is 0. The third kappa shape index (κ3) is 4.59. The summed E-state index contributed by atoms with van der Waals surface area (Å²) in [5, 5.41) is 27.1. The molecule has 1 aromatic carbocycles. The monoisotopic (exact) mass is 432 g/mol. The van der Waals surface area contributed by atoms with Gasteiger partial charge in [-0.15, -0.1) is 0 Å². The van der Waals surface area contributed by atoms with E-state index in [1.54, 1.807) is 25.3 Å². The van der Waals surface area contributed by atoms with Crippen LogP contribution < -0.4 is 5.73 Å². The Bertz CT molecular complexity index is 1160. The van der Waals surface area contributed by atoms with E-state index in [4.69, 9.17) is 11.0 Å². The number of nitrogens with zero attached hydrogens (tertiary/aromatic N) is 5. The van der Waals surface area contributed by atoms with E-state index in [1.165, 1.54) is 28.4 Å². The van der Waals surface area contributed by atoms with E-state index in [0.717, 1.165) is 12.1 Å². The Morgan fingerprint density at radius 1 is 1.26 bits per heavy atom. The average Bonchev–Trinajstić information content (AvgIpc) is 3.34. The van der Waals surface area contributed by atoms with Gasteiger partial charge in [-0.05, 0) is 38.1 Å². The molecule has 2 atom stereocenters. The molecule has 0 aliphatic rings. The zero-order chi connectivity index (χ0) is 22.9. The minimum Gasteiger partial charge on any atom is -0.387 e. The maximum absolute atomic E-state index is 13.2. The SMILES string of the molecule is CC(O)c1cc(C(N)=O)n(C[C@@H](C)n2ccc(-c3ccc(C#N)c(C(F)(F)F)c3)n2)n1. The van der Waals surface area contributed by atoms with E-state index in [9.17, 15) is 23.1 Å². The second kappa shape index (κ2) is 8.23. The molecule has 2 heterocycles. The molecule has 3 N–H and O–H groups in total. The number of primary amides is 1. The van der Waals surface area contributed by atoms with Crippen LogP contribution in [-0.4, -0.2) is 30.6 Å². The van der Waals surface area contributed by atoms with Crippen LogP contribution in [0.4, 0.5) is 13.2 Å². The first-order valence-corrected chi connectivity index (χ1v) is 9.23. The van der Waals surface area contributed by atoms with Crippen molar-refractivity contribution >= 4 is 5.91 Å². The van der Waals surface area contributed by atoms with Crippen molar-refractivity contribution in [3.05, 3.63) is 59.0 Å². The number of carbonyl (C=O) groups is 1. The Hall–Kier alpha value is -3.65. The summed E-state index contributed by atoms with van der Waals surface area (Å²) in [4.78, 5) is 11.7. The minimum atomic E-state index is -4.66. The Labute approximate surface area is 175 Å². The summed E-state index contributed by atoms with van der Waals surface area (Å²) in [6.07, 6.45) is -3.96. The van der Waals surface area contributed by atoms with Crippen molar-refractivity contribution in [2.45, 2.75) is 38.7 Å². The lowest BCUT2D eigenvalue weighted by Gasteiger charge is -2.14. The molecule has 0 aliphatic heterocycles. The number of benzene rings is 1. The molecule has 0 spiro atoms. The average molecular weight is 432 g/mol. The summed E-state index contributed by atoms with van der Waals surface area (Å²) in [6.45, 7) is 3.48. The van der Waals surface area contributed by atoms with Crippen molar-refractivity contribution in [3.8, 4) is 17.3 Å². The number of aliphatic hydroxyl groups is 1. The van der Waals surface area contributed by atoms with Crippen LogP contribution >= 0.6 is 0 Å². The van der Waals surface area contributed by atoms with Gasteiger partial charge in [-0.2, -0.15) is 28.6 Å². The number of nitrogens with two attached hydrogens (primary N) is 1. The quantitative estimate of drug-likeness (QED) is 0.620. The van der Waals surface area contributed by atoms with E-state index in [-0.39, 0.29) is 23.8 Å². The number of aromatic nitrogens is 4. The summed E-state index contributed by atoms with van der Waals surface area (Å²) >= 11 is 0. The smallest absolute Gasteiger partial charge is 0.387 e. The van der Waals surface area contributed by atoms with Crippen molar-refractivity contribution in [1.82, 2.24) is 19.6 Å². The van der Waals surface area contributed by atoms with Crippen LogP contribution in [0.25, 0.3) is 11.3 Å². The van der Waals surface area contributed by atoms with Crippen LogP contribution in [0.1, 0.15) is 53.3 Å². The number of aliphatic hydroxyl groups excluding tert-OH is 1. The molecule has 3 aromatic rings. The number of rotatable bonds is 6. The summed E-state index contributed by atoms with van der Waals surface area (Å²) < 4.78 is 42.6. The zero-order valence-corrected chi connectivity index (χ0v) is 16.6. The predicted octanol–water partition coefficient (Wildman–Crippen LogP) is 3.05. The summed E-state index contributed by atoms with van der Waals surface area (Å²) in [5.41, 5.74) is 4.81.